The molecule has 0 aromatic rings. The van der Waals surface area contributed by atoms with Gasteiger partial charge in [0.2, 0.25) is 0 Å². The molecule has 0 heterocycles. The van der Waals surface area contributed by atoms with E-state index >= 15 is 0 Å². The van der Waals surface area contributed by atoms with Crippen LogP contribution in [0.25, 0.3) is 0 Å². The molecule has 0 spiro atoms. The topological polar surface area (TPSA) is 66.0 Å². The molecule has 174 valence electrons. The Bertz CT molecular complexity index is 822. The van der Waals surface area contributed by atoms with Gasteiger partial charge in [0.05, 0.1) is 6.07 Å². The largest absolute Gasteiger partial charge is 0.398 e. The van der Waals surface area contributed by atoms with Crippen molar-refractivity contribution in [2.75, 3.05) is 0 Å². The quantitative estimate of drug-likeness (QED) is 0.322. The van der Waals surface area contributed by atoms with E-state index in [9.17, 15) is 10.5 Å². The lowest BCUT2D eigenvalue weighted by Gasteiger charge is -2.56. The van der Waals surface area contributed by atoms with Crippen LogP contribution >= 0.6 is 0 Å². The van der Waals surface area contributed by atoms with Crippen molar-refractivity contribution in [3.8, 4) is 12.1 Å². The Morgan fingerprint density at radius 3 is 1.81 bits per heavy atom. The third-order valence-electron chi connectivity index (χ3n) is 8.83. The Morgan fingerprint density at radius 1 is 0.839 bits per heavy atom. The molecule has 2 rings (SSSR count). The fraction of sp³-hybridized carbons (Fsp3) is 0.840. The summed E-state index contributed by atoms with van der Waals surface area (Å²) in [6, 6.07) is 5.19. The lowest BCUT2D eigenvalue weighted by Crippen LogP contribution is -2.60. The van der Waals surface area contributed by atoms with Crippen LogP contribution in [-0.2, 0) is 8.85 Å². The zero-order chi connectivity index (χ0) is 24.1. The van der Waals surface area contributed by atoms with Crippen molar-refractivity contribution in [3.63, 3.8) is 0 Å². The van der Waals surface area contributed by atoms with Crippen molar-refractivity contribution in [1.82, 2.24) is 0 Å². The standard InChI is InChI=1S/C25H44N2O2Si2/c1-21(2,3)30(8,9)28-24(18-26)16-15-23(7)20(17-24)13-12-14-25(23,19-27)29-31(10,11)22(4,5)6/h17H,12-16H2,1-11H3. The van der Waals surface area contributed by atoms with Gasteiger partial charge in [-0.15, -0.1) is 0 Å². The van der Waals surface area contributed by atoms with Crippen molar-refractivity contribution in [2.45, 2.75) is 128 Å². The molecule has 3 atom stereocenters. The van der Waals surface area contributed by atoms with E-state index in [0.717, 1.165) is 25.7 Å². The molecule has 0 aliphatic heterocycles. The Hall–Kier alpha value is -0.926. The van der Waals surface area contributed by atoms with Crippen molar-refractivity contribution >= 4 is 16.6 Å². The molecular weight excluding hydrogens is 416 g/mol. The highest BCUT2D eigenvalue weighted by molar-refractivity contribution is 6.74. The average molecular weight is 461 g/mol. The molecule has 6 heteroatoms. The Morgan fingerprint density at radius 2 is 1.35 bits per heavy atom. The molecule has 31 heavy (non-hydrogen) atoms. The van der Waals surface area contributed by atoms with E-state index in [0.29, 0.717) is 6.42 Å². The molecular formula is C25H44N2O2Si2. The summed E-state index contributed by atoms with van der Waals surface area (Å²) in [6.45, 7) is 24.4. The summed E-state index contributed by atoms with van der Waals surface area (Å²) >= 11 is 0. The smallest absolute Gasteiger partial charge is 0.194 e. The maximum atomic E-state index is 10.5. The van der Waals surface area contributed by atoms with Gasteiger partial charge >= 0.3 is 0 Å². The van der Waals surface area contributed by atoms with E-state index in [4.69, 9.17) is 8.85 Å². The summed E-state index contributed by atoms with van der Waals surface area (Å²) in [5, 5.41) is 20.8. The van der Waals surface area contributed by atoms with Gasteiger partial charge < -0.3 is 8.85 Å². The van der Waals surface area contributed by atoms with Crippen LogP contribution < -0.4 is 0 Å². The summed E-state index contributed by atoms with van der Waals surface area (Å²) in [4.78, 5) is 0. The van der Waals surface area contributed by atoms with Gasteiger partial charge in [-0.25, -0.2) is 0 Å². The number of nitriles is 2. The van der Waals surface area contributed by atoms with Crippen LogP contribution in [0.2, 0.25) is 36.3 Å². The second-order valence-electron chi connectivity index (χ2n) is 13.0. The van der Waals surface area contributed by atoms with E-state index in [1.54, 1.807) is 0 Å². The van der Waals surface area contributed by atoms with Gasteiger partial charge in [-0.1, -0.05) is 54.0 Å². The van der Waals surface area contributed by atoms with Gasteiger partial charge in [0.15, 0.2) is 27.8 Å². The molecule has 1 fully saturated rings. The fourth-order valence-electron chi connectivity index (χ4n) is 4.48. The first-order chi connectivity index (χ1) is 13.8. The third kappa shape index (κ3) is 4.47. The van der Waals surface area contributed by atoms with Crippen LogP contribution in [0.4, 0.5) is 0 Å². The Kier molecular flexibility index (Phi) is 6.66. The first-order valence-corrected chi connectivity index (χ1v) is 17.6. The molecule has 0 N–H and O–H groups in total. The van der Waals surface area contributed by atoms with E-state index < -0.39 is 27.8 Å². The normalized spacial score (nSPS) is 32.5. The highest BCUT2D eigenvalue weighted by Crippen LogP contribution is 2.58. The van der Waals surface area contributed by atoms with Crippen molar-refractivity contribution in [3.05, 3.63) is 11.6 Å². The molecule has 0 bridgehead atoms. The second-order valence-corrected chi connectivity index (χ2v) is 22.5. The van der Waals surface area contributed by atoms with Crippen molar-refractivity contribution < 1.29 is 8.85 Å². The van der Waals surface area contributed by atoms with Crippen molar-refractivity contribution in [2.24, 2.45) is 5.41 Å². The first-order valence-electron chi connectivity index (χ1n) is 11.8. The zero-order valence-electron chi connectivity index (χ0n) is 21.8. The minimum absolute atomic E-state index is 0.0323. The lowest BCUT2D eigenvalue weighted by molar-refractivity contribution is -0.0388. The summed E-state index contributed by atoms with van der Waals surface area (Å²) in [5.74, 6) is 0. The number of nitrogens with zero attached hydrogens (tertiary/aromatic N) is 2. The van der Waals surface area contributed by atoms with Gasteiger partial charge in [-0.05, 0) is 74.4 Å². The number of hydrogen-bond donors (Lipinski definition) is 0. The molecule has 4 nitrogen and oxygen atoms in total. The predicted octanol–water partition coefficient (Wildman–Crippen LogP) is 7.47. The number of rotatable bonds is 4. The minimum Gasteiger partial charge on any atom is -0.398 e. The minimum atomic E-state index is -2.16. The second kappa shape index (κ2) is 7.84. The SMILES string of the molecule is CC12CCC(C#N)(O[Si](C)(C)C(C)(C)C)C=C1CCCC2(C#N)O[Si](C)(C)C(C)(C)C. The first kappa shape index (κ1) is 26.3. The van der Waals surface area contributed by atoms with Crippen LogP contribution in [0.15, 0.2) is 11.6 Å². The Balaban J connectivity index is 2.53. The van der Waals surface area contributed by atoms with Crippen LogP contribution in [0.3, 0.4) is 0 Å². The molecule has 0 aromatic heterocycles. The molecule has 2 aliphatic carbocycles. The highest BCUT2D eigenvalue weighted by Gasteiger charge is 2.60. The van der Waals surface area contributed by atoms with Crippen molar-refractivity contribution in [1.29, 1.82) is 10.5 Å². The molecule has 2 aliphatic rings. The maximum Gasteiger partial charge on any atom is 0.194 e. The van der Waals surface area contributed by atoms with E-state index in [2.05, 4.69) is 92.9 Å². The van der Waals surface area contributed by atoms with Crippen LogP contribution in [0, 0.1) is 28.1 Å². The maximum absolute atomic E-state index is 10.5. The molecule has 0 amide bonds. The molecule has 3 unspecified atom stereocenters. The van der Waals surface area contributed by atoms with E-state index in [-0.39, 0.29) is 15.5 Å². The van der Waals surface area contributed by atoms with E-state index in [1.807, 2.05) is 0 Å². The van der Waals surface area contributed by atoms with Gasteiger partial charge in [0.1, 0.15) is 6.07 Å². The third-order valence-corrected chi connectivity index (χ3v) is 17.8. The van der Waals surface area contributed by atoms with Crippen LogP contribution in [0.5, 0.6) is 0 Å². The predicted molar refractivity (Wildman–Crippen MR) is 133 cm³/mol. The van der Waals surface area contributed by atoms with Gasteiger partial charge in [-0.2, -0.15) is 10.5 Å². The molecule has 0 radical (unpaired) electrons. The summed E-state index contributed by atoms with van der Waals surface area (Å²) in [7, 11) is -4.29. The Labute approximate surface area is 193 Å². The lowest BCUT2D eigenvalue weighted by atomic mass is 9.56. The van der Waals surface area contributed by atoms with Crippen LogP contribution in [0.1, 0.15) is 80.6 Å². The summed E-state index contributed by atoms with van der Waals surface area (Å²) in [6.07, 6.45) is 6.02. The molecule has 0 saturated heterocycles. The van der Waals surface area contributed by atoms with Gasteiger partial charge in [0.25, 0.3) is 0 Å². The number of hydrogen-bond acceptors (Lipinski definition) is 4. The molecule has 1 saturated carbocycles. The fourth-order valence-corrected chi connectivity index (χ4v) is 7.45. The zero-order valence-corrected chi connectivity index (χ0v) is 23.8. The number of fused-ring (bicyclic) bond motifs is 1. The average Bonchev–Trinajstić information content (AvgIpc) is 2.60. The van der Waals surface area contributed by atoms with Crippen LogP contribution in [-0.4, -0.2) is 27.8 Å². The summed E-state index contributed by atoms with van der Waals surface area (Å²) in [5.41, 5.74) is -0.927. The monoisotopic (exact) mass is 460 g/mol. The highest BCUT2D eigenvalue weighted by atomic mass is 28.4. The van der Waals surface area contributed by atoms with Gasteiger partial charge in [-0.3, -0.25) is 0 Å². The van der Waals surface area contributed by atoms with E-state index in [1.165, 1.54) is 5.57 Å². The summed E-state index contributed by atoms with van der Waals surface area (Å²) < 4.78 is 13.6. The van der Waals surface area contributed by atoms with Gasteiger partial charge in [0, 0.05) is 5.41 Å². The molecule has 0 aromatic carbocycles.